The minimum Gasteiger partial charge on any atom is -0.423 e. The lowest BCUT2D eigenvalue weighted by atomic mass is 9.87. The van der Waals surface area contributed by atoms with Crippen molar-refractivity contribution in [3.8, 4) is 11.8 Å². The molecule has 0 bridgehead atoms. The van der Waals surface area contributed by atoms with Crippen LogP contribution < -0.4 is 4.74 Å². The predicted octanol–water partition coefficient (Wildman–Crippen LogP) is 5.99. The number of carbonyl (C=O) groups excluding carboxylic acids is 2. The number of carbonyl (C=O) groups is 2. The summed E-state index contributed by atoms with van der Waals surface area (Å²) in [7, 11) is 0. The second kappa shape index (κ2) is 9.23. The molecule has 0 aromatic heterocycles. The standard InChI is InChI=1S/C27H23NO3/c1-27(2,3)23-13-11-21(12-14-23)26(30)31-24-15-9-19(10-16-24)17-22(18-28)25(29)20-7-5-4-6-8-20/h4-17H,1-3H3. The van der Waals surface area contributed by atoms with Gasteiger partial charge in [-0.2, -0.15) is 5.26 Å². The molecule has 0 aliphatic rings. The van der Waals surface area contributed by atoms with Gasteiger partial charge in [0.2, 0.25) is 5.78 Å². The van der Waals surface area contributed by atoms with Gasteiger partial charge in [-0.25, -0.2) is 4.79 Å². The van der Waals surface area contributed by atoms with E-state index in [0.717, 1.165) is 5.56 Å². The Labute approximate surface area is 182 Å². The second-order valence-corrected chi connectivity index (χ2v) is 8.15. The van der Waals surface area contributed by atoms with Crippen molar-refractivity contribution in [2.45, 2.75) is 26.2 Å². The SMILES string of the molecule is CC(C)(C)c1ccc(C(=O)Oc2ccc(C=C(C#N)C(=O)c3ccccc3)cc2)cc1. The molecular weight excluding hydrogens is 386 g/mol. The van der Waals surface area contributed by atoms with Gasteiger partial charge in [-0.05, 0) is 46.9 Å². The fourth-order valence-corrected chi connectivity index (χ4v) is 2.96. The van der Waals surface area contributed by atoms with Crippen LogP contribution in [-0.2, 0) is 5.41 Å². The number of allylic oxidation sites excluding steroid dienone is 1. The van der Waals surface area contributed by atoms with Crippen LogP contribution in [-0.4, -0.2) is 11.8 Å². The van der Waals surface area contributed by atoms with Crippen LogP contribution in [0, 0.1) is 11.3 Å². The highest BCUT2D eigenvalue weighted by atomic mass is 16.5. The third-order valence-electron chi connectivity index (χ3n) is 4.79. The van der Waals surface area contributed by atoms with E-state index in [9.17, 15) is 14.9 Å². The first-order chi connectivity index (χ1) is 14.8. The Hall–Kier alpha value is -3.97. The summed E-state index contributed by atoms with van der Waals surface area (Å²) in [5.41, 5.74) is 2.77. The molecule has 3 aromatic carbocycles. The van der Waals surface area contributed by atoms with Gasteiger partial charge in [-0.1, -0.05) is 75.4 Å². The first-order valence-electron chi connectivity index (χ1n) is 9.92. The summed E-state index contributed by atoms with van der Waals surface area (Å²) in [4.78, 5) is 24.9. The Kier molecular flexibility index (Phi) is 6.47. The predicted molar refractivity (Wildman–Crippen MR) is 121 cm³/mol. The summed E-state index contributed by atoms with van der Waals surface area (Å²) in [6.45, 7) is 6.34. The number of benzene rings is 3. The number of nitrogens with zero attached hydrogens (tertiary/aromatic N) is 1. The van der Waals surface area contributed by atoms with Gasteiger partial charge < -0.3 is 4.74 Å². The van der Waals surface area contributed by atoms with Crippen molar-refractivity contribution in [3.63, 3.8) is 0 Å². The molecule has 0 N–H and O–H groups in total. The quantitative estimate of drug-likeness (QED) is 0.171. The Bertz CT molecular complexity index is 1140. The van der Waals surface area contributed by atoms with E-state index in [1.54, 1.807) is 60.7 Å². The van der Waals surface area contributed by atoms with Crippen molar-refractivity contribution in [3.05, 3.63) is 107 Å². The maximum absolute atomic E-state index is 12.5. The highest BCUT2D eigenvalue weighted by Gasteiger charge is 2.15. The molecule has 0 radical (unpaired) electrons. The second-order valence-electron chi connectivity index (χ2n) is 8.15. The minimum atomic E-state index is -0.444. The third kappa shape index (κ3) is 5.55. The largest absolute Gasteiger partial charge is 0.423 e. The molecule has 3 rings (SSSR count). The van der Waals surface area contributed by atoms with Gasteiger partial charge in [0.1, 0.15) is 17.4 Å². The lowest BCUT2D eigenvalue weighted by Crippen LogP contribution is -2.12. The van der Waals surface area contributed by atoms with Crippen LogP contribution in [0.15, 0.2) is 84.4 Å². The number of hydrogen-bond donors (Lipinski definition) is 0. The average molecular weight is 409 g/mol. The molecule has 4 heteroatoms. The monoisotopic (exact) mass is 409 g/mol. The summed E-state index contributed by atoms with van der Waals surface area (Å²) < 4.78 is 5.44. The Morgan fingerprint density at radius 3 is 2.00 bits per heavy atom. The Balaban J connectivity index is 1.71. The highest BCUT2D eigenvalue weighted by Crippen LogP contribution is 2.23. The summed E-state index contributed by atoms with van der Waals surface area (Å²) in [6.07, 6.45) is 1.52. The first kappa shape index (κ1) is 21.7. The van der Waals surface area contributed by atoms with Crippen LogP contribution in [0.2, 0.25) is 0 Å². The molecular formula is C27H23NO3. The van der Waals surface area contributed by atoms with Gasteiger partial charge in [-0.3, -0.25) is 4.79 Å². The molecule has 3 aromatic rings. The molecule has 0 spiro atoms. The van der Waals surface area contributed by atoms with Gasteiger partial charge in [0.05, 0.1) is 5.56 Å². The van der Waals surface area contributed by atoms with E-state index in [4.69, 9.17) is 4.74 Å². The summed E-state index contributed by atoms with van der Waals surface area (Å²) in [5, 5.41) is 9.38. The van der Waals surface area contributed by atoms with Gasteiger partial charge >= 0.3 is 5.97 Å². The zero-order valence-electron chi connectivity index (χ0n) is 17.8. The van der Waals surface area contributed by atoms with E-state index >= 15 is 0 Å². The van der Waals surface area contributed by atoms with Crippen LogP contribution in [0.5, 0.6) is 5.75 Å². The molecule has 154 valence electrons. The molecule has 0 saturated carbocycles. The van der Waals surface area contributed by atoms with E-state index in [-0.39, 0.29) is 16.8 Å². The van der Waals surface area contributed by atoms with Crippen LogP contribution in [0.25, 0.3) is 6.08 Å². The Morgan fingerprint density at radius 1 is 0.839 bits per heavy atom. The van der Waals surface area contributed by atoms with Gasteiger partial charge in [0, 0.05) is 5.56 Å². The number of ether oxygens (including phenoxy) is 1. The molecule has 0 fully saturated rings. The van der Waals surface area contributed by atoms with Gasteiger partial charge in [-0.15, -0.1) is 0 Å². The smallest absolute Gasteiger partial charge is 0.343 e. The number of rotatable bonds is 5. The Morgan fingerprint density at radius 2 is 1.45 bits per heavy atom. The molecule has 0 atom stereocenters. The average Bonchev–Trinajstić information content (AvgIpc) is 2.78. The minimum absolute atomic E-state index is 0.00988. The number of esters is 1. The molecule has 0 saturated heterocycles. The maximum Gasteiger partial charge on any atom is 0.343 e. The van der Waals surface area contributed by atoms with Crippen molar-refractivity contribution in [1.29, 1.82) is 5.26 Å². The van der Waals surface area contributed by atoms with Gasteiger partial charge in [0.15, 0.2) is 0 Å². The highest BCUT2D eigenvalue weighted by molar-refractivity contribution is 6.14. The summed E-state index contributed by atoms with van der Waals surface area (Å²) in [5.74, 6) is -0.395. The molecule has 0 unspecified atom stereocenters. The lowest BCUT2D eigenvalue weighted by molar-refractivity contribution is 0.0734. The number of nitriles is 1. The van der Waals surface area contributed by atoms with Crippen LogP contribution in [0.3, 0.4) is 0 Å². The number of Topliss-reactive ketones (excluding diaryl/α,β-unsaturated/α-hetero) is 1. The molecule has 31 heavy (non-hydrogen) atoms. The van der Waals surface area contributed by atoms with E-state index in [1.165, 1.54) is 6.08 Å². The first-order valence-corrected chi connectivity index (χ1v) is 9.92. The molecule has 4 nitrogen and oxygen atoms in total. The maximum atomic E-state index is 12.5. The normalized spacial score (nSPS) is 11.5. The van der Waals surface area contributed by atoms with Crippen molar-refractivity contribution in [1.82, 2.24) is 0 Å². The van der Waals surface area contributed by atoms with Crippen LogP contribution in [0.1, 0.15) is 52.6 Å². The lowest BCUT2D eigenvalue weighted by Gasteiger charge is -2.18. The van der Waals surface area contributed by atoms with E-state index in [2.05, 4.69) is 20.8 Å². The number of ketones is 1. The van der Waals surface area contributed by atoms with Crippen molar-refractivity contribution >= 4 is 17.8 Å². The van der Waals surface area contributed by atoms with Crippen molar-refractivity contribution < 1.29 is 14.3 Å². The topological polar surface area (TPSA) is 67.2 Å². The number of hydrogen-bond acceptors (Lipinski definition) is 4. The summed E-state index contributed by atoms with van der Waals surface area (Å²) in [6, 6.07) is 24.6. The zero-order chi connectivity index (χ0) is 22.4. The third-order valence-corrected chi connectivity index (χ3v) is 4.79. The van der Waals surface area contributed by atoms with E-state index in [1.807, 2.05) is 24.3 Å². The van der Waals surface area contributed by atoms with E-state index < -0.39 is 5.97 Å². The molecule has 0 heterocycles. The molecule has 0 aliphatic heterocycles. The van der Waals surface area contributed by atoms with Crippen LogP contribution >= 0.6 is 0 Å². The van der Waals surface area contributed by atoms with E-state index in [0.29, 0.717) is 22.4 Å². The molecule has 0 aliphatic carbocycles. The van der Waals surface area contributed by atoms with Crippen LogP contribution in [0.4, 0.5) is 0 Å². The fourth-order valence-electron chi connectivity index (χ4n) is 2.96. The summed E-state index contributed by atoms with van der Waals surface area (Å²) >= 11 is 0. The van der Waals surface area contributed by atoms with Crippen molar-refractivity contribution in [2.75, 3.05) is 0 Å². The fraction of sp³-hybridized carbons (Fsp3) is 0.148. The van der Waals surface area contributed by atoms with Gasteiger partial charge in [0.25, 0.3) is 0 Å². The zero-order valence-corrected chi connectivity index (χ0v) is 17.8. The molecule has 0 amide bonds. The van der Waals surface area contributed by atoms with Crippen molar-refractivity contribution in [2.24, 2.45) is 0 Å².